The minimum absolute atomic E-state index is 0.353. The molecule has 1 fully saturated rings. The SMILES string of the molecule is CCCC(C)CN1CC(C(C)CC)NCC1(C)CC. The summed E-state index contributed by atoms with van der Waals surface area (Å²) in [5.41, 5.74) is 0.353. The van der Waals surface area contributed by atoms with Crippen molar-refractivity contribution in [3.8, 4) is 0 Å². The highest BCUT2D eigenvalue weighted by molar-refractivity contribution is 4.96. The van der Waals surface area contributed by atoms with Crippen molar-refractivity contribution in [2.45, 2.75) is 78.8 Å². The van der Waals surface area contributed by atoms with E-state index in [1.807, 2.05) is 0 Å². The van der Waals surface area contributed by atoms with Gasteiger partial charge in [0.2, 0.25) is 0 Å². The Morgan fingerprint density at radius 2 is 1.95 bits per heavy atom. The van der Waals surface area contributed by atoms with Crippen LogP contribution >= 0.6 is 0 Å². The smallest absolute Gasteiger partial charge is 0.0304 e. The molecule has 4 atom stereocenters. The van der Waals surface area contributed by atoms with Crippen molar-refractivity contribution < 1.29 is 0 Å². The predicted molar refractivity (Wildman–Crippen MR) is 85.6 cm³/mol. The number of hydrogen-bond acceptors (Lipinski definition) is 2. The van der Waals surface area contributed by atoms with Gasteiger partial charge in [0.15, 0.2) is 0 Å². The van der Waals surface area contributed by atoms with Crippen LogP contribution in [0.2, 0.25) is 0 Å². The molecule has 1 aliphatic heterocycles. The Kier molecular flexibility index (Phi) is 6.82. The van der Waals surface area contributed by atoms with Crippen LogP contribution in [0.5, 0.6) is 0 Å². The Bertz CT molecular complexity index is 254. The van der Waals surface area contributed by atoms with Crippen LogP contribution in [0.25, 0.3) is 0 Å². The highest BCUT2D eigenvalue weighted by Gasteiger charge is 2.37. The number of piperazine rings is 1. The van der Waals surface area contributed by atoms with E-state index in [2.05, 4.69) is 51.8 Å². The first-order chi connectivity index (χ1) is 8.96. The molecule has 0 amide bonds. The molecule has 0 aromatic heterocycles. The molecule has 4 unspecified atom stereocenters. The van der Waals surface area contributed by atoms with Gasteiger partial charge in [0.1, 0.15) is 0 Å². The number of nitrogens with zero attached hydrogens (tertiary/aromatic N) is 1. The molecular formula is C17H36N2. The summed E-state index contributed by atoms with van der Waals surface area (Å²) in [5.74, 6) is 1.61. The molecule has 0 aromatic rings. The van der Waals surface area contributed by atoms with E-state index >= 15 is 0 Å². The van der Waals surface area contributed by atoms with Gasteiger partial charge >= 0.3 is 0 Å². The fourth-order valence-electron chi connectivity index (χ4n) is 3.25. The van der Waals surface area contributed by atoms with Crippen LogP contribution < -0.4 is 5.32 Å². The Labute approximate surface area is 121 Å². The predicted octanol–water partition coefficient (Wildman–Crippen LogP) is 3.91. The minimum atomic E-state index is 0.353. The molecule has 2 heteroatoms. The molecule has 19 heavy (non-hydrogen) atoms. The summed E-state index contributed by atoms with van der Waals surface area (Å²) < 4.78 is 0. The van der Waals surface area contributed by atoms with Crippen molar-refractivity contribution in [1.82, 2.24) is 10.2 Å². The number of rotatable bonds is 7. The first-order valence-electron chi connectivity index (χ1n) is 8.45. The molecule has 0 spiro atoms. The highest BCUT2D eigenvalue weighted by atomic mass is 15.3. The normalized spacial score (nSPS) is 32.2. The third-order valence-electron chi connectivity index (χ3n) is 5.33. The molecule has 0 bridgehead atoms. The van der Waals surface area contributed by atoms with E-state index in [4.69, 9.17) is 0 Å². The summed E-state index contributed by atoms with van der Waals surface area (Å²) in [6.45, 7) is 17.8. The molecule has 0 aromatic carbocycles. The fourth-order valence-corrected chi connectivity index (χ4v) is 3.25. The lowest BCUT2D eigenvalue weighted by atomic mass is 9.87. The van der Waals surface area contributed by atoms with E-state index in [-0.39, 0.29) is 0 Å². The van der Waals surface area contributed by atoms with Gasteiger partial charge in [-0.25, -0.2) is 0 Å². The summed E-state index contributed by atoms with van der Waals surface area (Å²) in [4.78, 5) is 2.78. The van der Waals surface area contributed by atoms with Gasteiger partial charge in [-0.2, -0.15) is 0 Å². The van der Waals surface area contributed by atoms with Crippen molar-refractivity contribution in [3.63, 3.8) is 0 Å². The Balaban J connectivity index is 2.68. The maximum atomic E-state index is 3.80. The molecule has 114 valence electrons. The molecule has 0 aliphatic carbocycles. The Morgan fingerprint density at radius 3 is 2.47 bits per heavy atom. The van der Waals surface area contributed by atoms with E-state index in [0.29, 0.717) is 11.6 Å². The summed E-state index contributed by atoms with van der Waals surface area (Å²) in [7, 11) is 0. The van der Waals surface area contributed by atoms with Crippen LogP contribution in [0.3, 0.4) is 0 Å². The molecule has 1 rings (SSSR count). The molecule has 2 nitrogen and oxygen atoms in total. The Morgan fingerprint density at radius 1 is 1.26 bits per heavy atom. The van der Waals surface area contributed by atoms with Crippen LogP contribution in [-0.2, 0) is 0 Å². The lowest BCUT2D eigenvalue weighted by molar-refractivity contribution is 0.0243. The first-order valence-corrected chi connectivity index (χ1v) is 8.45. The molecular weight excluding hydrogens is 232 g/mol. The molecule has 1 saturated heterocycles. The van der Waals surface area contributed by atoms with Crippen LogP contribution in [0.4, 0.5) is 0 Å². The van der Waals surface area contributed by atoms with Gasteiger partial charge in [-0.3, -0.25) is 4.90 Å². The van der Waals surface area contributed by atoms with Crippen molar-refractivity contribution in [3.05, 3.63) is 0 Å². The molecule has 0 radical (unpaired) electrons. The second-order valence-electron chi connectivity index (χ2n) is 7.02. The lowest BCUT2D eigenvalue weighted by Crippen LogP contribution is -2.65. The fraction of sp³-hybridized carbons (Fsp3) is 1.00. The third-order valence-corrected chi connectivity index (χ3v) is 5.33. The number of hydrogen-bond donors (Lipinski definition) is 1. The minimum Gasteiger partial charge on any atom is -0.311 e. The highest BCUT2D eigenvalue weighted by Crippen LogP contribution is 2.27. The maximum Gasteiger partial charge on any atom is 0.0304 e. The van der Waals surface area contributed by atoms with Gasteiger partial charge in [-0.15, -0.1) is 0 Å². The van der Waals surface area contributed by atoms with Crippen LogP contribution in [0, 0.1) is 11.8 Å². The van der Waals surface area contributed by atoms with Crippen molar-refractivity contribution in [2.24, 2.45) is 11.8 Å². The molecule has 1 aliphatic rings. The number of nitrogens with one attached hydrogen (secondary N) is 1. The summed E-state index contributed by atoms with van der Waals surface area (Å²) >= 11 is 0. The van der Waals surface area contributed by atoms with Crippen LogP contribution in [0.1, 0.15) is 67.2 Å². The van der Waals surface area contributed by atoms with Crippen LogP contribution in [-0.4, -0.2) is 36.1 Å². The first kappa shape index (κ1) is 17.0. The monoisotopic (exact) mass is 268 g/mol. The maximum absolute atomic E-state index is 3.80. The van der Waals surface area contributed by atoms with E-state index < -0.39 is 0 Å². The molecule has 0 saturated carbocycles. The average Bonchev–Trinajstić information content (AvgIpc) is 2.40. The summed E-state index contributed by atoms with van der Waals surface area (Å²) in [6.07, 6.45) is 5.19. The largest absolute Gasteiger partial charge is 0.311 e. The zero-order chi connectivity index (χ0) is 14.5. The van der Waals surface area contributed by atoms with Crippen molar-refractivity contribution in [1.29, 1.82) is 0 Å². The lowest BCUT2D eigenvalue weighted by Gasteiger charge is -2.50. The topological polar surface area (TPSA) is 15.3 Å². The zero-order valence-electron chi connectivity index (χ0n) is 14.1. The van der Waals surface area contributed by atoms with Crippen LogP contribution in [0.15, 0.2) is 0 Å². The van der Waals surface area contributed by atoms with E-state index in [9.17, 15) is 0 Å². The van der Waals surface area contributed by atoms with Crippen molar-refractivity contribution in [2.75, 3.05) is 19.6 Å². The second kappa shape index (κ2) is 7.64. The quantitative estimate of drug-likeness (QED) is 0.753. The van der Waals surface area contributed by atoms with Gasteiger partial charge in [0.05, 0.1) is 0 Å². The summed E-state index contributed by atoms with van der Waals surface area (Å²) in [5, 5.41) is 3.80. The van der Waals surface area contributed by atoms with Gasteiger partial charge < -0.3 is 5.32 Å². The van der Waals surface area contributed by atoms with Crippen molar-refractivity contribution >= 4 is 0 Å². The summed E-state index contributed by atoms with van der Waals surface area (Å²) in [6, 6.07) is 0.679. The van der Waals surface area contributed by atoms with Gasteiger partial charge in [-0.05, 0) is 31.6 Å². The molecule has 1 N–H and O–H groups in total. The van der Waals surface area contributed by atoms with E-state index in [1.165, 1.54) is 38.8 Å². The average molecular weight is 268 g/mol. The van der Waals surface area contributed by atoms with E-state index in [1.54, 1.807) is 0 Å². The molecule has 1 heterocycles. The Hall–Kier alpha value is -0.0800. The standard InChI is InChI=1S/C17H36N2/c1-7-10-14(4)11-19-12-16(15(5)8-2)18-13-17(19,6)9-3/h14-16,18H,7-13H2,1-6H3. The van der Waals surface area contributed by atoms with E-state index in [0.717, 1.165) is 18.4 Å². The van der Waals surface area contributed by atoms with Gasteiger partial charge in [0.25, 0.3) is 0 Å². The van der Waals surface area contributed by atoms with Gasteiger partial charge in [0, 0.05) is 31.2 Å². The third kappa shape index (κ3) is 4.46. The second-order valence-corrected chi connectivity index (χ2v) is 7.02. The zero-order valence-corrected chi connectivity index (χ0v) is 14.1. The van der Waals surface area contributed by atoms with Gasteiger partial charge in [-0.1, -0.05) is 47.5 Å².